The Kier molecular flexibility index (Phi) is 7.42. The summed E-state index contributed by atoms with van der Waals surface area (Å²) in [5.41, 5.74) is 2.65. The van der Waals surface area contributed by atoms with Crippen molar-refractivity contribution < 1.29 is 9.32 Å². The average Bonchev–Trinajstić information content (AvgIpc) is 3.69. The quantitative estimate of drug-likeness (QED) is 0.196. The minimum absolute atomic E-state index is 0.113. The number of halogens is 1. The Labute approximate surface area is 266 Å². The highest BCUT2D eigenvalue weighted by atomic mass is 35.5. The van der Waals surface area contributed by atoms with Crippen molar-refractivity contribution in [3.8, 4) is 0 Å². The molecule has 0 spiro atoms. The number of pyridine rings is 1. The molecule has 1 fully saturated rings. The second kappa shape index (κ2) is 11.6. The highest BCUT2D eigenvalue weighted by Crippen LogP contribution is 2.41. The molecule has 45 heavy (non-hydrogen) atoms. The van der Waals surface area contributed by atoms with E-state index in [0.717, 1.165) is 35.3 Å². The third-order valence-corrected chi connectivity index (χ3v) is 9.46. The van der Waals surface area contributed by atoms with E-state index in [1.165, 1.54) is 0 Å². The predicted octanol–water partition coefficient (Wildman–Crippen LogP) is 8.07. The molecule has 4 aromatic carbocycles. The molecule has 2 aromatic heterocycles. The monoisotopic (exact) mass is 616 g/mol. The molecule has 3 atom stereocenters. The van der Waals surface area contributed by atoms with Crippen LogP contribution in [0.2, 0.25) is 5.02 Å². The number of nitrogens with one attached hydrogen (secondary N) is 1. The van der Waals surface area contributed by atoms with E-state index in [-0.39, 0.29) is 23.6 Å². The Bertz CT molecular complexity index is 2020. The van der Waals surface area contributed by atoms with Crippen molar-refractivity contribution in [2.75, 3.05) is 4.90 Å². The van der Waals surface area contributed by atoms with Gasteiger partial charge in [0, 0.05) is 28.8 Å². The number of fused-ring (bicyclic) bond motifs is 3. The van der Waals surface area contributed by atoms with Gasteiger partial charge in [0.05, 0.1) is 10.5 Å². The molecule has 6 aromatic rings. The molecule has 8 heteroatoms. The summed E-state index contributed by atoms with van der Waals surface area (Å²) in [6.45, 7) is 3.73. The molecule has 7 nitrogen and oxygen atoms in total. The zero-order valence-corrected chi connectivity index (χ0v) is 25.9. The van der Waals surface area contributed by atoms with Gasteiger partial charge in [0.25, 0.3) is 11.5 Å². The zero-order chi connectivity index (χ0) is 31.1. The molecule has 1 aliphatic rings. The zero-order valence-electron chi connectivity index (χ0n) is 25.1. The summed E-state index contributed by atoms with van der Waals surface area (Å²) in [4.78, 5) is 30.7. The SMILES string of the molecule is Cc1onc2c1c(=O)n(C1CCC(NC(=O)C(C)(c3ccccc3)N(c3ccccc3)c3ccccc3)C1)c1cccc(Cl)c21. The third kappa shape index (κ3) is 4.88. The topological polar surface area (TPSA) is 80.4 Å². The molecule has 2 heterocycles. The van der Waals surface area contributed by atoms with Gasteiger partial charge in [0.1, 0.15) is 22.2 Å². The van der Waals surface area contributed by atoms with Gasteiger partial charge in [-0.1, -0.05) is 89.6 Å². The number of aryl methyl sites for hydroxylation is 1. The normalized spacial score (nSPS) is 17.8. The van der Waals surface area contributed by atoms with Crippen LogP contribution in [-0.2, 0) is 10.3 Å². The maximum Gasteiger partial charge on any atom is 0.264 e. The van der Waals surface area contributed by atoms with Gasteiger partial charge < -0.3 is 19.3 Å². The first-order valence-electron chi connectivity index (χ1n) is 15.2. The van der Waals surface area contributed by atoms with E-state index in [0.29, 0.717) is 33.5 Å². The fraction of sp³-hybridized carbons (Fsp3) is 0.216. The second-order valence-electron chi connectivity index (χ2n) is 11.9. The van der Waals surface area contributed by atoms with Crippen LogP contribution in [0.5, 0.6) is 0 Å². The summed E-state index contributed by atoms with van der Waals surface area (Å²) >= 11 is 6.65. The number of para-hydroxylation sites is 2. The van der Waals surface area contributed by atoms with Crippen LogP contribution in [0.15, 0.2) is 119 Å². The van der Waals surface area contributed by atoms with E-state index >= 15 is 0 Å². The summed E-state index contributed by atoms with van der Waals surface area (Å²) < 4.78 is 7.27. The van der Waals surface area contributed by atoms with Crippen LogP contribution in [0.3, 0.4) is 0 Å². The van der Waals surface area contributed by atoms with Gasteiger partial charge in [0.15, 0.2) is 0 Å². The number of carbonyl (C=O) groups is 1. The molecule has 3 unspecified atom stereocenters. The van der Waals surface area contributed by atoms with Gasteiger partial charge in [-0.25, -0.2) is 0 Å². The number of aromatic nitrogens is 2. The number of hydrogen-bond acceptors (Lipinski definition) is 5. The first-order chi connectivity index (χ1) is 21.9. The van der Waals surface area contributed by atoms with Crippen LogP contribution < -0.4 is 15.8 Å². The van der Waals surface area contributed by atoms with Crippen LogP contribution in [0.25, 0.3) is 21.8 Å². The molecule has 226 valence electrons. The summed E-state index contributed by atoms with van der Waals surface area (Å²) in [6, 6.07) is 35.2. The van der Waals surface area contributed by atoms with Crippen molar-refractivity contribution in [3.05, 3.63) is 136 Å². The van der Waals surface area contributed by atoms with E-state index in [9.17, 15) is 9.59 Å². The average molecular weight is 617 g/mol. The molecule has 1 amide bonds. The van der Waals surface area contributed by atoms with Crippen molar-refractivity contribution in [2.24, 2.45) is 0 Å². The van der Waals surface area contributed by atoms with E-state index in [2.05, 4.69) is 15.4 Å². The number of benzene rings is 4. The minimum atomic E-state index is -1.09. The molecule has 7 rings (SSSR count). The fourth-order valence-corrected chi connectivity index (χ4v) is 7.19. The van der Waals surface area contributed by atoms with Crippen molar-refractivity contribution in [1.82, 2.24) is 15.0 Å². The molecule has 0 aliphatic heterocycles. The minimum Gasteiger partial charge on any atom is -0.360 e. The summed E-state index contributed by atoms with van der Waals surface area (Å²) in [5.74, 6) is 0.353. The largest absolute Gasteiger partial charge is 0.360 e. The molecule has 0 bridgehead atoms. The van der Waals surface area contributed by atoms with Crippen molar-refractivity contribution in [1.29, 1.82) is 0 Å². The van der Waals surface area contributed by atoms with Crippen molar-refractivity contribution >= 4 is 50.7 Å². The van der Waals surface area contributed by atoms with Gasteiger partial charge >= 0.3 is 0 Å². The Morgan fingerprint density at radius 2 is 1.51 bits per heavy atom. The van der Waals surface area contributed by atoms with Gasteiger partial charge in [0.2, 0.25) is 0 Å². The molecule has 1 aliphatic carbocycles. The van der Waals surface area contributed by atoms with Crippen molar-refractivity contribution in [3.63, 3.8) is 0 Å². The van der Waals surface area contributed by atoms with E-state index in [1.807, 2.05) is 115 Å². The lowest BCUT2D eigenvalue weighted by molar-refractivity contribution is -0.126. The van der Waals surface area contributed by atoms with Crippen LogP contribution >= 0.6 is 11.6 Å². The molecule has 0 radical (unpaired) electrons. The summed E-state index contributed by atoms with van der Waals surface area (Å²) in [5, 5.41) is 9.25. The van der Waals surface area contributed by atoms with Crippen molar-refractivity contribution in [2.45, 2.75) is 50.7 Å². The number of nitrogens with zero attached hydrogens (tertiary/aromatic N) is 3. The predicted molar refractivity (Wildman–Crippen MR) is 179 cm³/mol. The summed E-state index contributed by atoms with van der Waals surface area (Å²) in [7, 11) is 0. The molecular weight excluding hydrogens is 584 g/mol. The van der Waals surface area contributed by atoms with Gasteiger partial charge in [-0.3, -0.25) is 9.59 Å². The lowest BCUT2D eigenvalue weighted by Gasteiger charge is -2.42. The molecule has 1 saturated carbocycles. The third-order valence-electron chi connectivity index (χ3n) is 9.14. The van der Waals surface area contributed by atoms with E-state index < -0.39 is 5.54 Å². The van der Waals surface area contributed by atoms with E-state index in [4.69, 9.17) is 16.1 Å². The Hall–Kier alpha value is -4.88. The highest BCUT2D eigenvalue weighted by Gasteiger charge is 2.44. The van der Waals surface area contributed by atoms with Gasteiger partial charge in [-0.2, -0.15) is 0 Å². The fourth-order valence-electron chi connectivity index (χ4n) is 6.93. The van der Waals surface area contributed by atoms with Crippen LogP contribution in [0, 0.1) is 6.92 Å². The first kappa shape index (κ1) is 28.9. The Morgan fingerprint density at radius 1 is 0.889 bits per heavy atom. The smallest absolute Gasteiger partial charge is 0.264 e. The van der Waals surface area contributed by atoms with Crippen LogP contribution in [-0.4, -0.2) is 21.7 Å². The number of amides is 1. The number of carbonyl (C=O) groups excluding carboxylic acids is 1. The van der Waals surface area contributed by atoms with Crippen LogP contribution in [0.4, 0.5) is 11.4 Å². The van der Waals surface area contributed by atoms with Gasteiger partial charge in [-0.15, -0.1) is 0 Å². The lowest BCUT2D eigenvalue weighted by Crippen LogP contribution is -2.55. The second-order valence-corrected chi connectivity index (χ2v) is 12.3. The first-order valence-corrected chi connectivity index (χ1v) is 15.6. The van der Waals surface area contributed by atoms with Crippen LogP contribution in [0.1, 0.15) is 43.6 Å². The Balaban J connectivity index is 1.27. The standard InChI is InChI=1S/C37H33ClN4O3/c1-24-32-34(40-45-24)33-30(38)19-12-20-31(33)41(35(32)43)29-22-21-26(23-29)39-36(44)37(2,25-13-6-3-7-14-25)42(27-15-8-4-9-16-27)28-17-10-5-11-18-28/h3-20,26,29H,21-23H2,1-2H3,(H,39,44). The molecule has 0 saturated heterocycles. The Morgan fingerprint density at radius 3 is 2.16 bits per heavy atom. The maximum absolute atomic E-state index is 14.7. The summed E-state index contributed by atoms with van der Waals surface area (Å²) in [6.07, 6.45) is 2.06. The number of anilines is 2. The number of hydrogen-bond donors (Lipinski definition) is 1. The van der Waals surface area contributed by atoms with E-state index in [1.54, 1.807) is 13.0 Å². The highest BCUT2D eigenvalue weighted by molar-refractivity contribution is 6.37. The maximum atomic E-state index is 14.7. The molecular formula is C37H33ClN4O3. The van der Waals surface area contributed by atoms with Gasteiger partial charge in [-0.05, 0) is 75.1 Å². The number of rotatable bonds is 7. The lowest BCUT2D eigenvalue weighted by atomic mass is 9.87. The molecule has 1 N–H and O–H groups in total.